The maximum Gasteiger partial charge on any atom is 0.233 e. The number of carbonyl (C=O) groups excluding carboxylic acids is 1. The lowest BCUT2D eigenvalue weighted by atomic mass is 10.2. The van der Waals surface area contributed by atoms with E-state index in [-0.39, 0.29) is 17.2 Å². The summed E-state index contributed by atoms with van der Waals surface area (Å²) in [4.78, 5) is 14.0. The number of thioether (sulfide) groups is 1. The van der Waals surface area contributed by atoms with E-state index in [1.54, 1.807) is 0 Å². The lowest BCUT2D eigenvalue weighted by molar-refractivity contribution is -0.893. The number of benzene rings is 1. The highest BCUT2D eigenvalue weighted by Gasteiger charge is 2.28. The number of aromatic nitrogens is 3. The number of carbonyl (C=O) groups is 1. The average molecular weight is 417 g/mol. The molecule has 7 heteroatoms. The summed E-state index contributed by atoms with van der Waals surface area (Å²) in [5.41, 5.74) is 1.21. The minimum atomic E-state index is -0.200. The van der Waals surface area contributed by atoms with Gasteiger partial charge in [0.15, 0.2) is 11.0 Å². The molecule has 1 saturated carbocycles. The summed E-state index contributed by atoms with van der Waals surface area (Å²) in [5.74, 6) is 1.09. The fourth-order valence-corrected chi connectivity index (χ4v) is 4.87. The molecular formula is C22H34N5OS+. The van der Waals surface area contributed by atoms with E-state index in [4.69, 9.17) is 0 Å². The second kappa shape index (κ2) is 10.3. The highest BCUT2D eigenvalue weighted by molar-refractivity contribution is 8.00. The lowest BCUT2D eigenvalue weighted by Crippen LogP contribution is -3.06. The largest absolute Gasteiger partial charge is 0.352 e. The summed E-state index contributed by atoms with van der Waals surface area (Å²) in [6.45, 7) is 4.86. The van der Waals surface area contributed by atoms with Gasteiger partial charge in [-0.25, -0.2) is 0 Å². The van der Waals surface area contributed by atoms with Crippen LogP contribution < -0.4 is 10.2 Å². The number of hydrogen-bond donors (Lipinski definition) is 2. The quantitative estimate of drug-likeness (QED) is 0.617. The van der Waals surface area contributed by atoms with E-state index < -0.39 is 0 Å². The molecule has 2 atom stereocenters. The molecule has 0 radical (unpaired) electrons. The zero-order valence-electron chi connectivity index (χ0n) is 18.0. The minimum absolute atomic E-state index is 0.1000. The summed E-state index contributed by atoms with van der Waals surface area (Å²) in [6, 6.07) is 11.0. The third-order valence-electron chi connectivity index (χ3n) is 5.70. The molecule has 1 aliphatic carbocycles. The van der Waals surface area contributed by atoms with Gasteiger partial charge in [0.2, 0.25) is 5.91 Å². The van der Waals surface area contributed by atoms with E-state index in [0.29, 0.717) is 12.6 Å². The predicted octanol–water partition coefficient (Wildman–Crippen LogP) is 2.46. The predicted molar refractivity (Wildman–Crippen MR) is 117 cm³/mol. The number of nitrogens with one attached hydrogen (secondary N) is 2. The first kappa shape index (κ1) is 21.8. The summed E-state index contributed by atoms with van der Waals surface area (Å²) in [7, 11) is 4.31. The molecule has 2 aromatic rings. The summed E-state index contributed by atoms with van der Waals surface area (Å²) in [6.07, 6.45) is 5.61. The summed E-state index contributed by atoms with van der Waals surface area (Å²) >= 11 is 1.51. The van der Waals surface area contributed by atoms with Crippen molar-refractivity contribution in [1.82, 2.24) is 20.1 Å². The molecule has 1 heterocycles. The first-order valence-electron chi connectivity index (χ1n) is 10.7. The van der Waals surface area contributed by atoms with Crippen LogP contribution in [0, 0.1) is 0 Å². The van der Waals surface area contributed by atoms with Crippen LogP contribution in [-0.2, 0) is 11.3 Å². The number of amides is 1. The van der Waals surface area contributed by atoms with E-state index >= 15 is 0 Å². The van der Waals surface area contributed by atoms with Crippen molar-refractivity contribution >= 4 is 17.7 Å². The standard InChI is InChI=1S/C22H33N5OS/c1-5-19(26(3)4)20-24-25-22(27(20)15-17-11-7-6-8-12-17)29-16(2)21(28)23-18-13-9-10-14-18/h6-8,11-12,16,18-19H,5,9-10,13-15H2,1-4H3,(H,23,28)/p+1/t16-,19+/m0/s1. The molecule has 2 N–H and O–H groups in total. The van der Waals surface area contributed by atoms with Gasteiger partial charge in [-0.2, -0.15) is 0 Å². The molecule has 3 rings (SSSR count). The summed E-state index contributed by atoms with van der Waals surface area (Å²) in [5, 5.41) is 12.9. The Bertz CT molecular complexity index is 786. The van der Waals surface area contributed by atoms with E-state index in [2.05, 4.69) is 65.4 Å². The van der Waals surface area contributed by atoms with Crippen LogP contribution in [0.25, 0.3) is 0 Å². The molecule has 6 nitrogen and oxygen atoms in total. The Balaban J connectivity index is 1.81. The van der Waals surface area contributed by atoms with Crippen LogP contribution in [-0.4, -0.2) is 46.1 Å². The maximum atomic E-state index is 12.7. The highest BCUT2D eigenvalue weighted by atomic mass is 32.2. The Morgan fingerprint density at radius 3 is 2.55 bits per heavy atom. The Kier molecular flexibility index (Phi) is 7.72. The molecule has 1 aromatic carbocycles. The number of quaternary nitrogens is 1. The van der Waals surface area contributed by atoms with Gasteiger partial charge in [-0.3, -0.25) is 9.36 Å². The van der Waals surface area contributed by atoms with E-state index in [1.165, 1.54) is 35.1 Å². The molecule has 1 aliphatic rings. The van der Waals surface area contributed by atoms with E-state index in [1.807, 2.05) is 13.0 Å². The van der Waals surface area contributed by atoms with Crippen molar-refractivity contribution in [1.29, 1.82) is 0 Å². The molecule has 0 spiro atoms. The molecule has 1 aromatic heterocycles. The van der Waals surface area contributed by atoms with Crippen molar-refractivity contribution in [3.63, 3.8) is 0 Å². The lowest BCUT2D eigenvalue weighted by Gasteiger charge is -2.21. The zero-order chi connectivity index (χ0) is 20.8. The molecule has 1 amide bonds. The molecule has 0 aliphatic heterocycles. The van der Waals surface area contributed by atoms with Crippen molar-refractivity contribution in [2.75, 3.05) is 14.1 Å². The molecule has 1 fully saturated rings. The Morgan fingerprint density at radius 2 is 1.93 bits per heavy atom. The van der Waals surface area contributed by atoms with Crippen molar-refractivity contribution in [2.45, 2.75) is 75.0 Å². The molecule has 0 unspecified atom stereocenters. The van der Waals surface area contributed by atoms with Gasteiger partial charge in [-0.15, -0.1) is 10.2 Å². The number of rotatable bonds is 9. The van der Waals surface area contributed by atoms with Crippen molar-refractivity contribution < 1.29 is 9.69 Å². The topological polar surface area (TPSA) is 64.2 Å². The van der Waals surface area contributed by atoms with Gasteiger partial charge in [0.05, 0.1) is 25.9 Å². The van der Waals surface area contributed by atoms with Crippen LogP contribution >= 0.6 is 11.8 Å². The Hall–Kier alpha value is -1.86. The van der Waals surface area contributed by atoms with Gasteiger partial charge in [-0.1, -0.05) is 61.9 Å². The molecular weight excluding hydrogens is 382 g/mol. The van der Waals surface area contributed by atoms with Gasteiger partial charge in [0.1, 0.15) is 6.04 Å². The van der Waals surface area contributed by atoms with Gasteiger partial charge in [0.25, 0.3) is 0 Å². The highest BCUT2D eigenvalue weighted by Crippen LogP contribution is 2.26. The van der Waals surface area contributed by atoms with Gasteiger partial charge in [0, 0.05) is 12.5 Å². The van der Waals surface area contributed by atoms with Crippen LogP contribution in [0.2, 0.25) is 0 Å². The number of nitrogens with zero attached hydrogens (tertiary/aromatic N) is 3. The first-order valence-corrected chi connectivity index (χ1v) is 11.6. The SMILES string of the molecule is CC[C@H](c1nnc(S[C@@H](C)C(=O)NC2CCCC2)n1Cc1ccccc1)[NH+](C)C. The Labute approximate surface area is 178 Å². The third kappa shape index (κ3) is 5.60. The second-order valence-corrected chi connectivity index (χ2v) is 9.51. The normalized spacial score (nSPS) is 16.9. The molecule has 158 valence electrons. The minimum Gasteiger partial charge on any atom is -0.352 e. The van der Waals surface area contributed by atoms with Crippen LogP contribution in [0.15, 0.2) is 35.5 Å². The van der Waals surface area contributed by atoms with Crippen LogP contribution in [0.3, 0.4) is 0 Å². The fraction of sp³-hybridized carbons (Fsp3) is 0.591. The molecule has 0 saturated heterocycles. The van der Waals surface area contributed by atoms with Gasteiger partial charge < -0.3 is 10.2 Å². The first-order chi connectivity index (χ1) is 14.0. The van der Waals surface area contributed by atoms with Gasteiger partial charge in [-0.05, 0) is 25.3 Å². The van der Waals surface area contributed by atoms with Crippen LogP contribution in [0.4, 0.5) is 0 Å². The Morgan fingerprint density at radius 1 is 1.24 bits per heavy atom. The van der Waals surface area contributed by atoms with E-state index in [9.17, 15) is 4.79 Å². The van der Waals surface area contributed by atoms with Crippen LogP contribution in [0.1, 0.15) is 63.4 Å². The van der Waals surface area contributed by atoms with Crippen LogP contribution in [0.5, 0.6) is 0 Å². The van der Waals surface area contributed by atoms with Crippen molar-refractivity contribution in [3.05, 3.63) is 41.7 Å². The average Bonchev–Trinajstić information content (AvgIpc) is 3.34. The van der Waals surface area contributed by atoms with Gasteiger partial charge >= 0.3 is 0 Å². The summed E-state index contributed by atoms with van der Waals surface area (Å²) < 4.78 is 2.19. The second-order valence-electron chi connectivity index (χ2n) is 8.20. The monoisotopic (exact) mass is 416 g/mol. The van der Waals surface area contributed by atoms with Crippen molar-refractivity contribution in [2.24, 2.45) is 0 Å². The van der Waals surface area contributed by atoms with Crippen molar-refractivity contribution in [3.8, 4) is 0 Å². The molecule has 29 heavy (non-hydrogen) atoms. The third-order valence-corrected chi connectivity index (χ3v) is 6.78. The number of hydrogen-bond acceptors (Lipinski definition) is 4. The zero-order valence-corrected chi connectivity index (χ0v) is 18.8. The van der Waals surface area contributed by atoms with E-state index in [0.717, 1.165) is 30.2 Å². The maximum absolute atomic E-state index is 12.7. The molecule has 0 bridgehead atoms. The fourth-order valence-electron chi connectivity index (χ4n) is 4.01. The smallest absolute Gasteiger partial charge is 0.233 e.